The van der Waals surface area contributed by atoms with Gasteiger partial charge in [-0.1, -0.05) is 19.1 Å². The summed E-state index contributed by atoms with van der Waals surface area (Å²) in [6.45, 7) is 5.95. The Labute approximate surface area is 126 Å². The number of thioether (sulfide) groups is 1. The van der Waals surface area contributed by atoms with Gasteiger partial charge in [0, 0.05) is 11.4 Å². The second-order valence-corrected chi connectivity index (χ2v) is 6.21. The summed E-state index contributed by atoms with van der Waals surface area (Å²) in [6, 6.07) is 5.98. The molecule has 0 aliphatic heterocycles. The second-order valence-electron chi connectivity index (χ2n) is 5.07. The molecule has 0 bridgehead atoms. The Hall–Kier alpha value is -1.21. The lowest BCUT2D eigenvalue weighted by atomic mass is 10.0. The van der Waals surface area contributed by atoms with Gasteiger partial charge in [0.25, 0.3) is 0 Å². The van der Waals surface area contributed by atoms with Crippen molar-refractivity contribution in [3.05, 3.63) is 29.8 Å². The largest absolute Gasteiger partial charge is 0.480 e. The van der Waals surface area contributed by atoms with Gasteiger partial charge in [-0.15, -0.1) is 0 Å². The molecule has 21 heavy (non-hydrogen) atoms. The van der Waals surface area contributed by atoms with E-state index in [-0.39, 0.29) is 16.7 Å². The van der Waals surface area contributed by atoms with E-state index in [4.69, 9.17) is 0 Å². The third-order valence-electron chi connectivity index (χ3n) is 3.23. The van der Waals surface area contributed by atoms with Crippen molar-refractivity contribution in [3.63, 3.8) is 0 Å². The quantitative estimate of drug-likeness (QED) is 0.805. The molecule has 3 nitrogen and oxygen atoms in total. The molecule has 1 N–H and O–H groups in total. The third-order valence-corrected chi connectivity index (χ3v) is 3.97. The summed E-state index contributed by atoms with van der Waals surface area (Å²) in [7, 11) is 0. The van der Waals surface area contributed by atoms with Crippen molar-refractivity contribution in [3.8, 4) is 0 Å². The molecule has 0 aromatic heterocycles. The minimum absolute atomic E-state index is 0.117. The molecule has 1 aromatic rings. The summed E-state index contributed by atoms with van der Waals surface area (Å²) in [4.78, 5) is 13.1. The molecule has 118 valence electrons. The van der Waals surface area contributed by atoms with E-state index in [1.54, 1.807) is 30.9 Å². The molecule has 0 unspecified atom stereocenters. The van der Waals surface area contributed by atoms with Crippen molar-refractivity contribution in [2.45, 2.75) is 43.3 Å². The molecule has 0 amide bonds. The lowest BCUT2D eigenvalue weighted by Crippen LogP contribution is -2.49. The Morgan fingerprint density at radius 1 is 1.24 bits per heavy atom. The Balaban J connectivity index is 2.81. The van der Waals surface area contributed by atoms with Gasteiger partial charge in [-0.3, -0.25) is 9.69 Å². The lowest BCUT2D eigenvalue weighted by Gasteiger charge is -2.34. The van der Waals surface area contributed by atoms with Gasteiger partial charge in [0.05, 0.1) is 0 Å². The fourth-order valence-corrected chi connectivity index (χ4v) is 2.40. The fourth-order valence-electron chi connectivity index (χ4n) is 1.86. The Kier molecular flexibility index (Phi) is 5.69. The standard InChI is InChI=1S/C14H18F3NO2S/c1-4-18(13(2,3)12(19)20)9-10-5-7-11(8-6-10)21-14(15,16)17/h5-8H,4,9H2,1-3H3,(H,19,20). The highest BCUT2D eigenvalue weighted by molar-refractivity contribution is 8.00. The number of carboxylic acid groups (broad SMARTS) is 1. The number of carboxylic acids is 1. The summed E-state index contributed by atoms with van der Waals surface area (Å²) in [6.07, 6.45) is 0. The number of likely N-dealkylation sites (N-methyl/N-ethyl adjacent to an activating group) is 1. The number of rotatable bonds is 6. The van der Waals surface area contributed by atoms with Gasteiger partial charge in [-0.25, -0.2) is 0 Å². The number of nitrogens with zero attached hydrogens (tertiary/aromatic N) is 1. The Bertz CT molecular complexity index is 486. The first-order valence-corrected chi connectivity index (χ1v) is 7.21. The van der Waals surface area contributed by atoms with Crippen molar-refractivity contribution < 1.29 is 23.1 Å². The zero-order valence-corrected chi connectivity index (χ0v) is 12.9. The van der Waals surface area contributed by atoms with E-state index in [1.807, 2.05) is 6.92 Å². The van der Waals surface area contributed by atoms with Crippen LogP contribution in [-0.4, -0.2) is 33.6 Å². The number of carbonyl (C=O) groups is 1. The zero-order chi connectivity index (χ0) is 16.3. The summed E-state index contributed by atoms with van der Waals surface area (Å²) in [5, 5.41) is 9.22. The molecule has 0 aliphatic rings. The van der Waals surface area contributed by atoms with Crippen LogP contribution < -0.4 is 0 Å². The van der Waals surface area contributed by atoms with Gasteiger partial charge < -0.3 is 5.11 Å². The predicted octanol–water partition coefficient (Wildman–Crippen LogP) is 3.98. The van der Waals surface area contributed by atoms with Gasteiger partial charge in [-0.2, -0.15) is 13.2 Å². The highest BCUT2D eigenvalue weighted by Gasteiger charge is 2.33. The molecule has 0 heterocycles. The average Bonchev–Trinajstić information content (AvgIpc) is 2.35. The van der Waals surface area contributed by atoms with Gasteiger partial charge >= 0.3 is 11.5 Å². The van der Waals surface area contributed by atoms with Gasteiger partial charge in [0.1, 0.15) is 5.54 Å². The van der Waals surface area contributed by atoms with E-state index in [9.17, 15) is 23.1 Å². The topological polar surface area (TPSA) is 40.5 Å². The summed E-state index contributed by atoms with van der Waals surface area (Å²) in [5.41, 5.74) is -4.56. The SMILES string of the molecule is CCN(Cc1ccc(SC(F)(F)F)cc1)C(C)(C)C(=O)O. The van der Waals surface area contributed by atoms with Crippen molar-refractivity contribution in [1.82, 2.24) is 4.90 Å². The number of hydrogen-bond acceptors (Lipinski definition) is 3. The highest BCUT2D eigenvalue weighted by Crippen LogP contribution is 2.36. The summed E-state index contributed by atoms with van der Waals surface area (Å²) in [5.74, 6) is -0.936. The molecule has 1 aromatic carbocycles. The van der Waals surface area contributed by atoms with Crippen LogP contribution in [0.5, 0.6) is 0 Å². The summed E-state index contributed by atoms with van der Waals surface area (Å²) < 4.78 is 36.7. The first kappa shape index (κ1) is 17.8. The number of alkyl halides is 3. The molecule has 7 heteroatoms. The third kappa shape index (κ3) is 5.24. The minimum Gasteiger partial charge on any atom is -0.480 e. The number of aliphatic carboxylic acids is 1. The van der Waals surface area contributed by atoms with Crippen molar-refractivity contribution in [2.24, 2.45) is 0 Å². The van der Waals surface area contributed by atoms with Crippen LogP contribution in [0.2, 0.25) is 0 Å². The lowest BCUT2D eigenvalue weighted by molar-refractivity contribution is -0.149. The van der Waals surface area contributed by atoms with Gasteiger partial charge in [0.2, 0.25) is 0 Å². The molecule has 0 aliphatic carbocycles. The van der Waals surface area contributed by atoms with Crippen LogP contribution in [0, 0.1) is 0 Å². The Morgan fingerprint density at radius 2 is 1.76 bits per heavy atom. The van der Waals surface area contributed by atoms with Crippen LogP contribution in [0.1, 0.15) is 26.3 Å². The maximum atomic E-state index is 12.2. The maximum absolute atomic E-state index is 12.2. The van der Waals surface area contributed by atoms with Gasteiger partial charge in [-0.05, 0) is 49.9 Å². The van der Waals surface area contributed by atoms with Crippen LogP contribution in [0.4, 0.5) is 13.2 Å². The molecule has 0 atom stereocenters. The van der Waals surface area contributed by atoms with Crippen LogP contribution in [-0.2, 0) is 11.3 Å². The average molecular weight is 321 g/mol. The maximum Gasteiger partial charge on any atom is 0.446 e. The smallest absolute Gasteiger partial charge is 0.446 e. The monoisotopic (exact) mass is 321 g/mol. The first-order chi connectivity index (χ1) is 9.56. The van der Waals surface area contributed by atoms with Crippen molar-refractivity contribution in [2.75, 3.05) is 6.54 Å². The molecule has 1 rings (SSSR count). The fraction of sp³-hybridized carbons (Fsp3) is 0.500. The number of benzene rings is 1. The molecule has 0 saturated carbocycles. The van der Waals surface area contributed by atoms with E-state index in [0.29, 0.717) is 13.1 Å². The first-order valence-electron chi connectivity index (χ1n) is 6.39. The van der Waals surface area contributed by atoms with Crippen LogP contribution in [0.15, 0.2) is 29.2 Å². The normalized spacial score (nSPS) is 12.7. The molecular formula is C14H18F3NO2S. The van der Waals surface area contributed by atoms with E-state index in [2.05, 4.69) is 0 Å². The van der Waals surface area contributed by atoms with Crippen LogP contribution in [0.3, 0.4) is 0 Å². The second kappa shape index (κ2) is 6.70. The molecule has 0 radical (unpaired) electrons. The zero-order valence-electron chi connectivity index (χ0n) is 12.1. The highest BCUT2D eigenvalue weighted by atomic mass is 32.2. The Morgan fingerprint density at radius 3 is 2.14 bits per heavy atom. The van der Waals surface area contributed by atoms with E-state index >= 15 is 0 Å². The van der Waals surface area contributed by atoms with Crippen LogP contribution >= 0.6 is 11.8 Å². The summed E-state index contributed by atoms with van der Waals surface area (Å²) >= 11 is -0.163. The molecule has 0 spiro atoms. The van der Waals surface area contributed by atoms with E-state index < -0.39 is 17.0 Å². The van der Waals surface area contributed by atoms with Gasteiger partial charge in [0.15, 0.2) is 0 Å². The molecule has 0 fully saturated rings. The van der Waals surface area contributed by atoms with Crippen LogP contribution in [0.25, 0.3) is 0 Å². The minimum atomic E-state index is -4.30. The molecular weight excluding hydrogens is 303 g/mol. The van der Waals surface area contributed by atoms with Crippen molar-refractivity contribution >= 4 is 17.7 Å². The van der Waals surface area contributed by atoms with E-state index in [0.717, 1.165) is 5.56 Å². The van der Waals surface area contributed by atoms with E-state index in [1.165, 1.54) is 12.1 Å². The molecule has 0 saturated heterocycles. The number of hydrogen-bond donors (Lipinski definition) is 1. The number of halogens is 3. The van der Waals surface area contributed by atoms with Crippen molar-refractivity contribution in [1.29, 1.82) is 0 Å². The predicted molar refractivity (Wildman–Crippen MR) is 76.2 cm³/mol.